The predicted molar refractivity (Wildman–Crippen MR) is 101 cm³/mol. The molecular formula is C20H23NO4S. The number of hydrogen-bond donors (Lipinski definition) is 0. The van der Waals surface area contributed by atoms with Gasteiger partial charge in [-0.15, -0.1) is 0 Å². The molecule has 5 nitrogen and oxygen atoms in total. The summed E-state index contributed by atoms with van der Waals surface area (Å²) in [5, 5.41) is 0. The Bertz CT molecular complexity index is 890. The van der Waals surface area contributed by atoms with Crippen molar-refractivity contribution in [3.05, 3.63) is 65.2 Å². The first kappa shape index (κ1) is 18.5. The summed E-state index contributed by atoms with van der Waals surface area (Å²) in [6, 6.07) is 14.8. The van der Waals surface area contributed by atoms with Crippen molar-refractivity contribution in [2.24, 2.45) is 0 Å². The number of carbonyl (C=O) groups is 1. The molecule has 0 aromatic heterocycles. The highest BCUT2D eigenvalue weighted by Crippen LogP contribution is 2.34. The van der Waals surface area contributed by atoms with Crippen LogP contribution >= 0.6 is 0 Å². The highest BCUT2D eigenvalue weighted by molar-refractivity contribution is 7.89. The van der Waals surface area contributed by atoms with E-state index in [0.717, 1.165) is 24.2 Å². The fraction of sp³-hybridized carbons (Fsp3) is 0.350. The van der Waals surface area contributed by atoms with Crippen LogP contribution in [0.4, 0.5) is 0 Å². The second-order valence-corrected chi connectivity index (χ2v) is 8.84. The molecule has 1 aliphatic rings. The molecule has 2 aromatic rings. The molecule has 3 rings (SSSR count). The lowest BCUT2D eigenvalue weighted by molar-refractivity contribution is 0.0735. The van der Waals surface area contributed by atoms with Crippen molar-refractivity contribution in [2.75, 3.05) is 19.9 Å². The molecule has 1 fully saturated rings. The maximum absolute atomic E-state index is 13.0. The Morgan fingerprint density at radius 3 is 2.58 bits per heavy atom. The lowest BCUT2D eigenvalue weighted by Gasteiger charge is -2.25. The fourth-order valence-corrected chi connectivity index (χ4v) is 4.23. The van der Waals surface area contributed by atoms with Gasteiger partial charge in [0.15, 0.2) is 9.84 Å². The van der Waals surface area contributed by atoms with E-state index in [9.17, 15) is 13.2 Å². The van der Waals surface area contributed by atoms with Crippen LogP contribution in [0.15, 0.2) is 48.5 Å². The third kappa shape index (κ3) is 4.25. The molecule has 0 radical (unpaired) electrons. The Hall–Kier alpha value is -2.34. The normalized spacial score (nSPS) is 17.3. The minimum Gasteiger partial charge on any atom is -0.497 e. The lowest BCUT2D eigenvalue weighted by Crippen LogP contribution is -2.30. The van der Waals surface area contributed by atoms with Gasteiger partial charge in [-0.1, -0.05) is 24.3 Å². The van der Waals surface area contributed by atoms with Crippen molar-refractivity contribution in [3.8, 4) is 5.75 Å². The monoisotopic (exact) mass is 373 g/mol. The van der Waals surface area contributed by atoms with E-state index in [-0.39, 0.29) is 17.7 Å². The van der Waals surface area contributed by atoms with Crippen molar-refractivity contribution in [2.45, 2.75) is 24.6 Å². The van der Waals surface area contributed by atoms with E-state index >= 15 is 0 Å². The molecule has 2 aromatic carbocycles. The van der Waals surface area contributed by atoms with E-state index in [0.29, 0.717) is 17.7 Å². The number of amides is 1. The van der Waals surface area contributed by atoms with Crippen LogP contribution in [-0.2, 0) is 15.6 Å². The standard InChI is InChI=1S/C20H23NO4S/c1-25-18-10-8-16(9-11-18)19-7-4-12-21(19)20(22)17-6-3-5-15(13-17)14-26(2,23)24/h3,5-6,8-11,13,19H,4,7,12,14H2,1-2H3. The van der Waals surface area contributed by atoms with Crippen LogP contribution in [0.1, 0.15) is 40.4 Å². The van der Waals surface area contributed by atoms with Crippen LogP contribution in [0, 0.1) is 0 Å². The van der Waals surface area contributed by atoms with Gasteiger partial charge in [0.2, 0.25) is 0 Å². The number of nitrogens with zero attached hydrogens (tertiary/aromatic N) is 1. The zero-order chi connectivity index (χ0) is 18.7. The first-order chi connectivity index (χ1) is 12.4. The van der Waals surface area contributed by atoms with Gasteiger partial charge in [0, 0.05) is 18.4 Å². The summed E-state index contributed by atoms with van der Waals surface area (Å²) in [5.74, 6) is 0.674. The average molecular weight is 373 g/mol. The molecule has 0 saturated carbocycles. The number of benzene rings is 2. The van der Waals surface area contributed by atoms with Crippen LogP contribution in [0.3, 0.4) is 0 Å². The molecule has 26 heavy (non-hydrogen) atoms. The molecule has 6 heteroatoms. The molecule has 1 saturated heterocycles. The number of rotatable bonds is 5. The van der Waals surface area contributed by atoms with Gasteiger partial charge in [-0.05, 0) is 48.2 Å². The highest BCUT2D eigenvalue weighted by Gasteiger charge is 2.30. The summed E-state index contributed by atoms with van der Waals surface area (Å²) in [6.45, 7) is 0.700. The third-order valence-corrected chi connectivity index (χ3v) is 5.47. The average Bonchev–Trinajstić information content (AvgIpc) is 3.09. The van der Waals surface area contributed by atoms with E-state index in [2.05, 4.69) is 0 Å². The molecule has 1 heterocycles. The summed E-state index contributed by atoms with van der Waals surface area (Å²) in [7, 11) is -1.51. The van der Waals surface area contributed by atoms with Crippen molar-refractivity contribution >= 4 is 15.7 Å². The van der Waals surface area contributed by atoms with Gasteiger partial charge in [0.1, 0.15) is 5.75 Å². The Morgan fingerprint density at radius 2 is 1.92 bits per heavy atom. The summed E-state index contributed by atoms with van der Waals surface area (Å²) < 4.78 is 28.2. The van der Waals surface area contributed by atoms with Crippen LogP contribution in [0.2, 0.25) is 0 Å². The minimum atomic E-state index is -3.14. The second kappa shape index (κ2) is 7.50. The third-order valence-electron chi connectivity index (χ3n) is 4.62. The van der Waals surface area contributed by atoms with Gasteiger partial charge in [0.25, 0.3) is 5.91 Å². The largest absolute Gasteiger partial charge is 0.497 e. The topological polar surface area (TPSA) is 63.7 Å². The Morgan fingerprint density at radius 1 is 1.19 bits per heavy atom. The summed E-state index contributed by atoms with van der Waals surface area (Å²) in [4.78, 5) is 14.9. The van der Waals surface area contributed by atoms with Crippen LogP contribution in [-0.4, -0.2) is 39.1 Å². The molecular weight excluding hydrogens is 350 g/mol. The number of sulfone groups is 1. The van der Waals surface area contributed by atoms with Gasteiger partial charge >= 0.3 is 0 Å². The van der Waals surface area contributed by atoms with Gasteiger partial charge in [-0.3, -0.25) is 4.79 Å². The minimum absolute atomic E-state index is 0.0342. The summed E-state index contributed by atoms with van der Waals surface area (Å²) in [5.41, 5.74) is 2.26. The SMILES string of the molecule is COc1ccc(C2CCCN2C(=O)c2cccc(CS(C)(=O)=O)c2)cc1. The predicted octanol–water partition coefficient (Wildman–Crippen LogP) is 3.22. The van der Waals surface area contributed by atoms with Gasteiger partial charge < -0.3 is 9.64 Å². The Kier molecular flexibility index (Phi) is 5.32. The molecule has 0 N–H and O–H groups in total. The second-order valence-electron chi connectivity index (χ2n) is 6.70. The Labute approximate surface area is 154 Å². The number of likely N-dealkylation sites (tertiary alicyclic amines) is 1. The number of hydrogen-bond acceptors (Lipinski definition) is 4. The van der Waals surface area contributed by atoms with Crippen LogP contribution in [0.25, 0.3) is 0 Å². The summed E-state index contributed by atoms with van der Waals surface area (Å²) in [6.07, 6.45) is 3.06. The maximum atomic E-state index is 13.0. The van der Waals surface area contributed by atoms with Crippen molar-refractivity contribution in [3.63, 3.8) is 0 Å². The lowest BCUT2D eigenvalue weighted by atomic mass is 10.0. The molecule has 138 valence electrons. The fourth-order valence-electron chi connectivity index (χ4n) is 3.45. The van der Waals surface area contributed by atoms with E-state index in [1.807, 2.05) is 29.2 Å². The molecule has 1 aliphatic heterocycles. The smallest absolute Gasteiger partial charge is 0.254 e. The molecule has 1 atom stereocenters. The summed E-state index contributed by atoms with van der Waals surface area (Å²) >= 11 is 0. The molecule has 0 spiro atoms. The zero-order valence-corrected chi connectivity index (χ0v) is 15.8. The maximum Gasteiger partial charge on any atom is 0.254 e. The first-order valence-electron chi connectivity index (χ1n) is 8.59. The quantitative estimate of drug-likeness (QED) is 0.807. The van der Waals surface area contributed by atoms with Crippen molar-refractivity contribution in [1.29, 1.82) is 0 Å². The van der Waals surface area contributed by atoms with Gasteiger partial charge in [-0.25, -0.2) is 8.42 Å². The molecule has 1 unspecified atom stereocenters. The van der Waals surface area contributed by atoms with E-state index in [1.165, 1.54) is 6.26 Å². The van der Waals surface area contributed by atoms with Crippen LogP contribution < -0.4 is 4.74 Å². The zero-order valence-electron chi connectivity index (χ0n) is 15.0. The first-order valence-corrected chi connectivity index (χ1v) is 10.6. The van der Waals surface area contributed by atoms with E-state index in [4.69, 9.17) is 4.74 Å². The highest BCUT2D eigenvalue weighted by atomic mass is 32.2. The number of carbonyl (C=O) groups excluding carboxylic acids is 1. The number of methoxy groups -OCH3 is 1. The molecule has 0 bridgehead atoms. The van der Waals surface area contributed by atoms with Gasteiger partial charge in [-0.2, -0.15) is 0 Å². The molecule has 1 amide bonds. The van der Waals surface area contributed by atoms with Crippen molar-refractivity contribution in [1.82, 2.24) is 4.90 Å². The van der Waals surface area contributed by atoms with E-state index < -0.39 is 9.84 Å². The Balaban J connectivity index is 1.83. The van der Waals surface area contributed by atoms with E-state index in [1.54, 1.807) is 31.4 Å². The van der Waals surface area contributed by atoms with Crippen LogP contribution in [0.5, 0.6) is 5.75 Å². The van der Waals surface area contributed by atoms with Gasteiger partial charge in [0.05, 0.1) is 18.9 Å². The number of ether oxygens (including phenoxy) is 1. The van der Waals surface area contributed by atoms with Crippen molar-refractivity contribution < 1.29 is 17.9 Å². The molecule has 0 aliphatic carbocycles.